The number of unbranched alkanes of at least 4 members (excludes halogenated alkanes) is 3. The first-order valence-electron chi connectivity index (χ1n) is 9.57. The molecule has 0 unspecified atom stereocenters. The molecule has 1 aromatic rings. The van der Waals surface area contributed by atoms with Gasteiger partial charge in [-0.2, -0.15) is 5.10 Å². The highest BCUT2D eigenvalue weighted by molar-refractivity contribution is 4.99. The maximum Gasteiger partial charge on any atom is 0.0518 e. The second-order valence-electron chi connectivity index (χ2n) is 7.05. The van der Waals surface area contributed by atoms with Crippen molar-refractivity contribution in [1.82, 2.24) is 14.7 Å². The predicted molar refractivity (Wildman–Crippen MR) is 95.7 cm³/mol. The monoisotopic (exact) mass is 321 g/mol. The Hall–Kier alpha value is -0.870. The molecule has 0 aliphatic carbocycles. The average Bonchev–Trinajstić information content (AvgIpc) is 2.96. The summed E-state index contributed by atoms with van der Waals surface area (Å²) in [4.78, 5) is 2.63. The first-order chi connectivity index (χ1) is 11.3. The third kappa shape index (κ3) is 7.49. The van der Waals surface area contributed by atoms with Crippen LogP contribution in [0.2, 0.25) is 0 Å². The lowest BCUT2D eigenvalue weighted by Gasteiger charge is -2.31. The fraction of sp³-hybridized carbons (Fsp3) is 0.842. The van der Waals surface area contributed by atoms with Gasteiger partial charge in [-0.05, 0) is 70.1 Å². The van der Waals surface area contributed by atoms with E-state index in [1.807, 2.05) is 6.20 Å². The van der Waals surface area contributed by atoms with E-state index >= 15 is 0 Å². The van der Waals surface area contributed by atoms with Gasteiger partial charge in [0, 0.05) is 26.0 Å². The van der Waals surface area contributed by atoms with Crippen molar-refractivity contribution in [3.63, 3.8) is 0 Å². The van der Waals surface area contributed by atoms with Crippen molar-refractivity contribution >= 4 is 0 Å². The summed E-state index contributed by atoms with van der Waals surface area (Å²) < 4.78 is 7.80. The van der Waals surface area contributed by atoms with E-state index < -0.39 is 0 Å². The molecule has 0 atom stereocenters. The molecule has 4 heteroatoms. The second-order valence-corrected chi connectivity index (χ2v) is 7.05. The van der Waals surface area contributed by atoms with Gasteiger partial charge in [0.2, 0.25) is 0 Å². The number of hydrogen-bond acceptors (Lipinski definition) is 3. The lowest BCUT2D eigenvalue weighted by atomic mass is 9.96. The summed E-state index contributed by atoms with van der Waals surface area (Å²) in [5.74, 6) is 0.799. The maximum absolute atomic E-state index is 5.68. The fourth-order valence-corrected chi connectivity index (χ4v) is 3.32. The molecule has 0 saturated carbocycles. The first kappa shape index (κ1) is 18.5. The number of ether oxygens (including phenoxy) is 1. The summed E-state index contributed by atoms with van der Waals surface area (Å²) in [7, 11) is 0. The van der Waals surface area contributed by atoms with Gasteiger partial charge in [0.1, 0.15) is 0 Å². The number of aromatic nitrogens is 2. The molecule has 0 spiro atoms. The Morgan fingerprint density at radius 1 is 1.13 bits per heavy atom. The quantitative estimate of drug-likeness (QED) is 0.579. The Morgan fingerprint density at radius 2 is 1.87 bits per heavy atom. The van der Waals surface area contributed by atoms with Crippen LogP contribution in [0.1, 0.15) is 57.4 Å². The Labute approximate surface area is 142 Å². The van der Waals surface area contributed by atoms with E-state index in [-0.39, 0.29) is 0 Å². The van der Waals surface area contributed by atoms with E-state index in [4.69, 9.17) is 4.74 Å². The van der Waals surface area contributed by atoms with Gasteiger partial charge in [-0.3, -0.25) is 4.68 Å². The molecule has 1 aliphatic rings. The minimum atomic E-state index is 0.799. The number of hydrogen-bond donors (Lipinski definition) is 0. The molecule has 1 fully saturated rings. The van der Waals surface area contributed by atoms with Crippen LogP contribution in [0.5, 0.6) is 0 Å². The second kappa shape index (κ2) is 10.8. The van der Waals surface area contributed by atoms with Crippen molar-refractivity contribution in [2.24, 2.45) is 5.92 Å². The van der Waals surface area contributed by atoms with Gasteiger partial charge in [-0.25, -0.2) is 0 Å². The van der Waals surface area contributed by atoms with Crippen LogP contribution in [0.15, 0.2) is 12.4 Å². The maximum atomic E-state index is 5.68. The number of aryl methyl sites for hydroxylation is 1. The van der Waals surface area contributed by atoms with E-state index in [1.165, 1.54) is 70.1 Å². The van der Waals surface area contributed by atoms with Crippen molar-refractivity contribution in [1.29, 1.82) is 0 Å². The van der Waals surface area contributed by atoms with Crippen LogP contribution in [0.3, 0.4) is 0 Å². The fourth-order valence-electron chi connectivity index (χ4n) is 3.32. The summed E-state index contributed by atoms with van der Waals surface area (Å²) in [5.41, 5.74) is 1.26. The Balaban J connectivity index is 1.47. The molecule has 1 aromatic heterocycles. The molecule has 4 nitrogen and oxygen atoms in total. The average molecular weight is 322 g/mol. The molecule has 0 radical (unpaired) electrons. The summed E-state index contributed by atoms with van der Waals surface area (Å²) in [6.07, 6.45) is 13.0. The smallest absolute Gasteiger partial charge is 0.0518 e. The highest BCUT2D eigenvalue weighted by Crippen LogP contribution is 2.19. The molecular weight excluding hydrogens is 286 g/mol. The van der Waals surface area contributed by atoms with E-state index in [0.29, 0.717) is 0 Å². The SMILES string of the molecule is CCCCCOCCCCN1CCC(Cn2cc(C)cn2)CC1. The Kier molecular flexibility index (Phi) is 8.69. The minimum Gasteiger partial charge on any atom is -0.381 e. The predicted octanol–water partition coefficient (Wildman–Crippen LogP) is 3.89. The normalized spacial score (nSPS) is 17.0. The standard InChI is InChI=1S/C19H35N3O/c1-3-4-6-13-23-14-7-5-10-21-11-8-19(9-12-21)17-22-16-18(2)15-20-22/h15-16,19H,3-14,17H2,1-2H3. The van der Waals surface area contributed by atoms with Crippen LogP contribution in [0.25, 0.3) is 0 Å². The Morgan fingerprint density at radius 3 is 2.52 bits per heavy atom. The van der Waals surface area contributed by atoms with E-state index in [2.05, 4.69) is 34.7 Å². The zero-order valence-electron chi connectivity index (χ0n) is 15.2. The summed E-state index contributed by atoms with van der Waals surface area (Å²) >= 11 is 0. The summed E-state index contributed by atoms with van der Waals surface area (Å²) in [5, 5.41) is 4.41. The molecule has 0 bridgehead atoms. The van der Waals surface area contributed by atoms with Crippen LogP contribution >= 0.6 is 0 Å². The molecular formula is C19H35N3O. The zero-order chi connectivity index (χ0) is 16.3. The van der Waals surface area contributed by atoms with Crippen LogP contribution in [0, 0.1) is 12.8 Å². The molecule has 0 aromatic carbocycles. The lowest BCUT2D eigenvalue weighted by Crippen LogP contribution is -2.35. The Bertz CT molecular complexity index is 411. The molecule has 1 aliphatic heterocycles. The number of piperidine rings is 1. The van der Waals surface area contributed by atoms with Crippen LogP contribution in [-0.2, 0) is 11.3 Å². The van der Waals surface area contributed by atoms with Gasteiger partial charge in [0.25, 0.3) is 0 Å². The highest BCUT2D eigenvalue weighted by Gasteiger charge is 2.19. The minimum absolute atomic E-state index is 0.799. The molecule has 1 saturated heterocycles. The van der Waals surface area contributed by atoms with Gasteiger partial charge < -0.3 is 9.64 Å². The first-order valence-corrected chi connectivity index (χ1v) is 9.57. The van der Waals surface area contributed by atoms with Crippen molar-refractivity contribution in [2.45, 2.75) is 65.3 Å². The van der Waals surface area contributed by atoms with Crippen molar-refractivity contribution in [3.8, 4) is 0 Å². The van der Waals surface area contributed by atoms with Crippen molar-refractivity contribution in [3.05, 3.63) is 18.0 Å². The van der Waals surface area contributed by atoms with E-state index in [0.717, 1.165) is 25.7 Å². The van der Waals surface area contributed by atoms with Crippen molar-refractivity contribution in [2.75, 3.05) is 32.8 Å². The summed E-state index contributed by atoms with van der Waals surface area (Å²) in [6.45, 7) is 11.1. The van der Waals surface area contributed by atoms with Gasteiger partial charge in [0.05, 0.1) is 6.20 Å². The third-order valence-electron chi connectivity index (χ3n) is 4.82. The van der Waals surface area contributed by atoms with Gasteiger partial charge in [0.15, 0.2) is 0 Å². The molecule has 0 amide bonds. The zero-order valence-corrected chi connectivity index (χ0v) is 15.2. The number of likely N-dealkylation sites (tertiary alicyclic amines) is 1. The van der Waals surface area contributed by atoms with Crippen molar-refractivity contribution < 1.29 is 4.74 Å². The van der Waals surface area contributed by atoms with E-state index in [1.54, 1.807) is 0 Å². The molecule has 0 N–H and O–H groups in total. The van der Waals surface area contributed by atoms with Gasteiger partial charge in [-0.1, -0.05) is 19.8 Å². The molecule has 2 heterocycles. The number of rotatable bonds is 11. The van der Waals surface area contributed by atoms with Crippen LogP contribution in [-0.4, -0.2) is 47.5 Å². The lowest BCUT2D eigenvalue weighted by molar-refractivity contribution is 0.118. The van der Waals surface area contributed by atoms with Gasteiger partial charge in [-0.15, -0.1) is 0 Å². The van der Waals surface area contributed by atoms with Crippen LogP contribution in [0.4, 0.5) is 0 Å². The highest BCUT2D eigenvalue weighted by atomic mass is 16.5. The largest absolute Gasteiger partial charge is 0.381 e. The van der Waals surface area contributed by atoms with E-state index in [9.17, 15) is 0 Å². The molecule has 23 heavy (non-hydrogen) atoms. The summed E-state index contributed by atoms with van der Waals surface area (Å²) in [6, 6.07) is 0. The third-order valence-corrected chi connectivity index (χ3v) is 4.82. The molecule has 132 valence electrons. The van der Waals surface area contributed by atoms with Gasteiger partial charge >= 0.3 is 0 Å². The number of nitrogens with zero attached hydrogens (tertiary/aromatic N) is 3. The molecule has 2 rings (SSSR count). The topological polar surface area (TPSA) is 30.3 Å². The van der Waals surface area contributed by atoms with Crippen LogP contribution < -0.4 is 0 Å².